The molecule has 0 aliphatic carbocycles. The predicted octanol–water partition coefficient (Wildman–Crippen LogP) is 2.61. The summed E-state index contributed by atoms with van der Waals surface area (Å²) in [6.07, 6.45) is 0.759. The summed E-state index contributed by atoms with van der Waals surface area (Å²) >= 11 is 0. The van der Waals surface area contributed by atoms with Crippen molar-refractivity contribution in [2.24, 2.45) is 11.3 Å². The van der Waals surface area contributed by atoms with Gasteiger partial charge in [-0.05, 0) is 48.8 Å². The van der Waals surface area contributed by atoms with Gasteiger partial charge in [0.1, 0.15) is 11.0 Å². The number of hydrogen-bond acceptors (Lipinski definition) is 11. The van der Waals surface area contributed by atoms with Crippen molar-refractivity contribution in [3.05, 3.63) is 54.1 Å². The maximum Gasteiger partial charge on any atom is 0.407 e. The number of alkyl carbamates (subject to hydrolysis) is 1. The van der Waals surface area contributed by atoms with Gasteiger partial charge in [-0.2, -0.15) is 4.31 Å². The highest BCUT2D eigenvalue weighted by Gasteiger charge is 2.44. The summed E-state index contributed by atoms with van der Waals surface area (Å²) in [7, 11) is -7.59. The lowest BCUT2D eigenvalue weighted by molar-refractivity contribution is -0.0907. The van der Waals surface area contributed by atoms with Gasteiger partial charge >= 0.3 is 6.09 Å². The molecule has 5 rings (SSSR count). The zero-order valence-corrected chi connectivity index (χ0v) is 29.7. The van der Waals surface area contributed by atoms with E-state index in [1.54, 1.807) is 12.1 Å². The lowest BCUT2D eigenvalue weighted by Gasteiger charge is -2.35. The second-order valence-corrected chi connectivity index (χ2v) is 17.3. The van der Waals surface area contributed by atoms with Crippen LogP contribution in [0.15, 0.2) is 53.4 Å². The molecule has 3 heterocycles. The molecule has 2 fully saturated rings. The summed E-state index contributed by atoms with van der Waals surface area (Å²) in [6, 6.07) is 13.0. The van der Waals surface area contributed by atoms with Crippen molar-refractivity contribution in [1.82, 2.24) is 14.3 Å². The van der Waals surface area contributed by atoms with Crippen LogP contribution in [0.25, 0.3) is 0 Å². The zero-order chi connectivity index (χ0) is 35.2. The Hall–Kier alpha value is -2.99. The van der Waals surface area contributed by atoms with Crippen molar-refractivity contribution < 1.29 is 50.4 Å². The fraction of sp³-hybridized carbons (Fsp3) is 0.606. The monoisotopic (exact) mass is 725 g/mol. The van der Waals surface area contributed by atoms with Gasteiger partial charge in [0.25, 0.3) is 0 Å². The van der Waals surface area contributed by atoms with E-state index in [9.17, 15) is 26.7 Å². The summed E-state index contributed by atoms with van der Waals surface area (Å²) in [4.78, 5) is 13.1. The van der Waals surface area contributed by atoms with Crippen LogP contribution in [-0.2, 0) is 40.7 Å². The van der Waals surface area contributed by atoms with Crippen LogP contribution in [0.3, 0.4) is 0 Å². The minimum Gasteiger partial charge on any atom is -0.454 e. The number of carbonyl (C=O) groups is 1. The highest BCUT2D eigenvalue weighted by Crippen LogP contribution is 2.40. The summed E-state index contributed by atoms with van der Waals surface area (Å²) in [5.74, 6) is 0.325. The van der Waals surface area contributed by atoms with Gasteiger partial charge in [0.2, 0.25) is 26.8 Å². The number of nitrogens with zero attached hydrogens (tertiary/aromatic N) is 1. The van der Waals surface area contributed by atoms with Crippen molar-refractivity contribution in [3.8, 4) is 11.5 Å². The molecular formula is C33H47N3O11S2. The van der Waals surface area contributed by atoms with Crippen LogP contribution in [0.1, 0.15) is 45.1 Å². The normalized spacial score (nSPS) is 21.8. The summed E-state index contributed by atoms with van der Waals surface area (Å²) < 4.78 is 83.3. The Bertz CT molecular complexity index is 1640. The molecule has 0 spiro atoms. The number of carbonyl (C=O) groups excluding carboxylic acids is 1. The minimum atomic E-state index is -4.27. The highest BCUT2D eigenvalue weighted by molar-refractivity contribution is 7.89. The van der Waals surface area contributed by atoms with Crippen LogP contribution >= 0.6 is 0 Å². The molecule has 0 aromatic heterocycles. The number of nitrogens with one attached hydrogen (secondary N) is 2. The maximum absolute atomic E-state index is 14.4. The minimum absolute atomic E-state index is 0.0153. The summed E-state index contributed by atoms with van der Waals surface area (Å²) in [5.41, 5.74) is 0.237. The Labute approximate surface area is 288 Å². The Morgan fingerprint density at radius 2 is 1.84 bits per heavy atom. The van der Waals surface area contributed by atoms with E-state index in [2.05, 4.69) is 10.0 Å². The number of sulfonamides is 2. The number of ether oxygens (including phenoxy) is 5. The summed E-state index contributed by atoms with van der Waals surface area (Å²) in [5, 5.41) is 14.6. The molecule has 2 aromatic rings. The van der Waals surface area contributed by atoms with Crippen molar-refractivity contribution in [2.45, 2.75) is 75.4 Å². The largest absolute Gasteiger partial charge is 0.454 e. The molecule has 2 saturated heterocycles. The van der Waals surface area contributed by atoms with E-state index in [1.807, 2.05) is 44.2 Å². The van der Waals surface area contributed by atoms with Gasteiger partial charge in [0.15, 0.2) is 17.8 Å². The molecule has 3 aliphatic heterocycles. The standard InChI is InChI=1S/C33H47N3O11S2/c1-33(2,15-7-8-16-34-48(3,39)40)21-36(49(41,42)29-13-9-12-27-30(29)46-22-45-27)19-26(37)25(18-23-10-5-4-6-11-23)35-32(38)47-28-20-44-31-24(28)14-17-43-31/h4-6,9-13,24-26,28,31,34,37H,7-8,14-22H2,1-3H3,(H,35,38)/t24-,25-,26+,28-,31+/m0/s1. The van der Waals surface area contributed by atoms with Crippen molar-refractivity contribution >= 4 is 26.1 Å². The van der Waals surface area contributed by atoms with Crippen LogP contribution in [0.5, 0.6) is 11.5 Å². The third kappa shape index (κ3) is 10.1. The first-order valence-corrected chi connectivity index (χ1v) is 19.8. The molecule has 14 nitrogen and oxygen atoms in total. The van der Waals surface area contributed by atoms with Crippen LogP contribution in [0, 0.1) is 11.3 Å². The average molecular weight is 726 g/mol. The molecule has 16 heteroatoms. The van der Waals surface area contributed by atoms with Gasteiger partial charge < -0.3 is 34.1 Å². The van der Waals surface area contributed by atoms with E-state index in [-0.39, 0.29) is 56.0 Å². The number of unbranched alkanes of at least 4 members (excludes halogenated alkanes) is 1. The van der Waals surface area contributed by atoms with Gasteiger partial charge in [0.05, 0.1) is 37.5 Å². The van der Waals surface area contributed by atoms with Gasteiger partial charge in [-0.25, -0.2) is 26.4 Å². The molecule has 5 atom stereocenters. The van der Waals surface area contributed by atoms with E-state index < -0.39 is 56.1 Å². The predicted molar refractivity (Wildman–Crippen MR) is 179 cm³/mol. The molecule has 2 aromatic carbocycles. The number of amides is 1. The van der Waals surface area contributed by atoms with Gasteiger partial charge in [-0.3, -0.25) is 0 Å². The Morgan fingerprint density at radius 1 is 1.06 bits per heavy atom. The van der Waals surface area contributed by atoms with E-state index in [0.29, 0.717) is 38.0 Å². The van der Waals surface area contributed by atoms with Crippen molar-refractivity contribution in [1.29, 1.82) is 0 Å². The molecule has 0 saturated carbocycles. The quantitative estimate of drug-likeness (QED) is 0.204. The molecule has 0 bridgehead atoms. The van der Waals surface area contributed by atoms with Crippen LogP contribution < -0.4 is 19.5 Å². The number of hydrogen-bond donors (Lipinski definition) is 3. The van der Waals surface area contributed by atoms with Crippen LogP contribution in [0.4, 0.5) is 4.79 Å². The number of aliphatic hydroxyl groups excluding tert-OH is 1. The fourth-order valence-electron chi connectivity index (χ4n) is 6.39. The first-order chi connectivity index (χ1) is 23.2. The maximum atomic E-state index is 14.4. The number of fused-ring (bicyclic) bond motifs is 2. The van der Waals surface area contributed by atoms with Gasteiger partial charge in [-0.1, -0.05) is 56.7 Å². The SMILES string of the molecule is CC(C)(CCCCNS(C)(=O)=O)CN(C[C@@H](O)[C@H](Cc1ccccc1)NC(=O)O[C@H]1CO[C@H]2OCC[C@H]21)S(=O)(=O)c1cccc2c1OCO2. The van der Waals surface area contributed by atoms with E-state index in [1.165, 1.54) is 10.4 Å². The van der Waals surface area contributed by atoms with Crippen molar-refractivity contribution in [3.63, 3.8) is 0 Å². The molecule has 1 amide bonds. The van der Waals surface area contributed by atoms with Gasteiger partial charge in [-0.15, -0.1) is 0 Å². The number of rotatable bonds is 17. The topological polar surface area (TPSA) is 179 Å². The Balaban J connectivity index is 1.36. The average Bonchev–Trinajstić information content (AvgIpc) is 3.79. The lowest BCUT2D eigenvalue weighted by atomic mass is 9.87. The second kappa shape index (κ2) is 15.9. The van der Waals surface area contributed by atoms with E-state index in [0.717, 1.165) is 11.8 Å². The third-order valence-corrected chi connectivity index (χ3v) is 11.5. The third-order valence-electron chi connectivity index (χ3n) is 8.93. The second-order valence-electron chi connectivity index (χ2n) is 13.6. The smallest absolute Gasteiger partial charge is 0.407 e. The fourth-order valence-corrected chi connectivity index (χ4v) is 8.70. The van der Waals surface area contributed by atoms with E-state index >= 15 is 0 Å². The van der Waals surface area contributed by atoms with Crippen LogP contribution in [0.2, 0.25) is 0 Å². The first kappa shape index (κ1) is 37.3. The number of para-hydroxylation sites is 1. The van der Waals surface area contributed by atoms with E-state index in [4.69, 9.17) is 23.7 Å². The zero-order valence-electron chi connectivity index (χ0n) is 28.1. The molecule has 3 aliphatic rings. The Kier molecular flexibility index (Phi) is 12.1. The summed E-state index contributed by atoms with van der Waals surface area (Å²) in [6.45, 7) is 4.37. The molecule has 272 valence electrons. The highest BCUT2D eigenvalue weighted by atomic mass is 32.2. The Morgan fingerprint density at radius 3 is 2.59 bits per heavy atom. The molecule has 0 radical (unpaired) electrons. The van der Waals surface area contributed by atoms with Crippen LogP contribution in [-0.4, -0.2) is 103 Å². The molecule has 49 heavy (non-hydrogen) atoms. The molecule has 0 unspecified atom stereocenters. The van der Waals surface area contributed by atoms with Gasteiger partial charge in [0, 0.05) is 19.6 Å². The number of benzene rings is 2. The lowest BCUT2D eigenvalue weighted by Crippen LogP contribution is -2.52. The first-order valence-electron chi connectivity index (χ1n) is 16.5. The van der Waals surface area contributed by atoms with Crippen molar-refractivity contribution in [2.75, 3.05) is 45.9 Å². The number of aliphatic hydroxyl groups is 1. The molecular weight excluding hydrogens is 679 g/mol. The molecule has 3 N–H and O–H groups in total.